The van der Waals surface area contributed by atoms with Gasteiger partial charge in [0.25, 0.3) is 0 Å². The van der Waals surface area contributed by atoms with E-state index in [0.29, 0.717) is 26.2 Å². The van der Waals surface area contributed by atoms with Crippen LogP contribution < -0.4 is 0 Å². The number of ketones is 1. The molecule has 0 aromatic carbocycles. The number of ether oxygens (including phenoxy) is 2. The lowest BCUT2D eigenvalue weighted by molar-refractivity contribution is -0.118. The first-order valence-electron chi connectivity index (χ1n) is 6.16. The van der Waals surface area contributed by atoms with Crippen LogP contribution in [0.3, 0.4) is 0 Å². The zero-order valence-electron chi connectivity index (χ0n) is 10.2. The summed E-state index contributed by atoms with van der Waals surface area (Å²) in [5.41, 5.74) is 0. The smallest absolute Gasteiger partial charge is 0.132 e. The van der Waals surface area contributed by atoms with Gasteiger partial charge in [-0.25, -0.2) is 0 Å². The van der Waals surface area contributed by atoms with Crippen LogP contribution in [0.1, 0.15) is 26.2 Å². The first kappa shape index (κ1) is 13.6. The number of hydrogen-bond acceptors (Lipinski definition) is 4. The van der Waals surface area contributed by atoms with E-state index < -0.39 is 0 Å². The average molecular weight is 229 g/mol. The Balaban J connectivity index is 1.76. The highest BCUT2D eigenvalue weighted by molar-refractivity contribution is 5.75. The number of nitrogens with zero attached hydrogens (tertiary/aromatic N) is 1. The SMILES string of the molecule is CC(=O)CCOCCOCCN1CCCC1. The fourth-order valence-electron chi connectivity index (χ4n) is 1.74. The van der Waals surface area contributed by atoms with E-state index in [-0.39, 0.29) is 5.78 Å². The van der Waals surface area contributed by atoms with Crippen LogP contribution in [0.25, 0.3) is 0 Å². The van der Waals surface area contributed by atoms with Crippen LogP contribution in [0.4, 0.5) is 0 Å². The van der Waals surface area contributed by atoms with Crippen molar-refractivity contribution in [2.24, 2.45) is 0 Å². The highest BCUT2D eigenvalue weighted by Crippen LogP contribution is 2.05. The molecule has 1 heterocycles. The number of hydrogen-bond donors (Lipinski definition) is 0. The zero-order chi connectivity index (χ0) is 11.6. The van der Waals surface area contributed by atoms with Crippen molar-refractivity contribution in [1.29, 1.82) is 0 Å². The van der Waals surface area contributed by atoms with Crippen LogP contribution in [0.15, 0.2) is 0 Å². The molecule has 0 unspecified atom stereocenters. The minimum absolute atomic E-state index is 0.176. The van der Waals surface area contributed by atoms with Gasteiger partial charge in [0.15, 0.2) is 0 Å². The fourth-order valence-corrected chi connectivity index (χ4v) is 1.74. The van der Waals surface area contributed by atoms with E-state index in [4.69, 9.17) is 9.47 Å². The lowest BCUT2D eigenvalue weighted by atomic mass is 10.3. The molecule has 16 heavy (non-hydrogen) atoms. The van der Waals surface area contributed by atoms with Gasteiger partial charge in [0.05, 0.1) is 26.4 Å². The van der Waals surface area contributed by atoms with Crippen molar-refractivity contribution in [3.63, 3.8) is 0 Å². The quantitative estimate of drug-likeness (QED) is 0.555. The van der Waals surface area contributed by atoms with Crippen molar-refractivity contribution in [3.8, 4) is 0 Å². The maximum absolute atomic E-state index is 10.6. The monoisotopic (exact) mass is 229 g/mol. The highest BCUT2D eigenvalue weighted by atomic mass is 16.5. The first-order chi connectivity index (χ1) is 7.79. The molecule has 4 heteroatoms. The zero-order valence-corrected chi connectivity index (χ0v) is 10.2. The van der Waals surface area contributed by atoms with Gasteiger partial charge in [-0.15, -0.1) is 0 Å². The largest absolute Gasteiger partial charge is 0.379 e. The summed E-state index contributed by atoms with van der Waals surface area (Å²) in [6, 6.07) is 0. The molecule has 0 aliphatic carbocycles. The Morgan fingerprint density at radius 1 is 1.06 bits per heavy atom. The Bertz CT molecular complexity index is 191. The van der Waals surface area contributed by atoms with Gasteiger partial charge >= 0.3 is 0 Å². The topological polar surface area (TPSA) is 38.8 Å². The van der Waals surface area contributed by atoms with Gasteiger partial charge in [0.1, 0.15) is 5.78 Å². The molecule has 0 amide bonds. The highest BCUT2D eigenvalue weighted by Gasteiger charge is 2.09. The van der Waals surface area contributed by atoms with Gasteiger partial charge in [-0.2, -0.15) is 0 Å². The predicted molar refractivity (Wildman–Crippen MR) is 62.6 cm³/mol. The van der Waals surface area contributed by atoms with Crippen LogP contribution in [0, 0.1) is 0 Å². The molecule has 1 fully saturated rings. The summed E-state index contributed by atoms with van der Waals surface area (Å²) in [7, 11) is 0. The lowest BCUT2D eigenvalue weighted by Gasteiger charge is -2.14. The van der Waals surface area contributed by atoms with Crippen molar-refractivity contribution in [1.82, 2.24) is 4.90 Å². The minimum Gasteiger partial charge on any atom is -0.379 e. The first-order valence-corrected chi connectivity index (χ1v) is 6.16. The Kier molecular flexibility index (Phi) is 7.38. The molecular formula is C12H23NO3. The van der Waals surface area contributed by atoms with E-state index in [1.54, 1.807) is 6.92 Å². The Hall–Kier alpha value is -0.450. The van der Waals surface area contributed by atoms with E-state index in [9.17, 15) is 4.79 Å². The molecule has 1 rings (SSSR count). The standard InChI is InChI=1S/C12H23NO3/c1-12(14)4-8-15-10-11-16-9-7-13-5-2-3-6-13/h2-11H2,1H3. The van der Waals surface area contributed by atoms with Crippen LogP contribution >= 0.6 is 0 Å². The van der Waals surface area contributed by atoms with Gasteiger partial charge < -0.3 is 14.4 Å². The molecule has 0 bridgehead atoms. The number of Topliss-reactive ketones (excluding diaryl/α,β-unsaturated/α-hetero) is 1. The van der Waals surface area contributed by atoms with Crippen molar-refractivity contribution in [2.75, 3.05) is 46.1 Å². The molecule has 0 spiro atoms. The summed E-state index contributed by atoms with van der Waals surface area (Å²) in [6.45, 7) is 7.58. The van der Waals surface area contributed by atoms with Gasteiger partial charge in [-0.1, -0.05) is 0 Å². The fraction of sp³-hybridized carbons (Fsp3) is 0.917. The van der Waals surface area contributed by atoms with Crippen LogP contribution in [0.5, 0.6) is 0 Å². The van der Waals surface area contributed by atoms with Gasteiger partial charge in [0.2, 0.25) is 0 Å². The van der Waals surface area contributed by atoms with E-state index in [1.807, 2.05) is 0 Å². The van der Waals surface area contributed by atoms with Crippen molar-refractivity contribution >= 4 is 5.78 Å². The van der Waals surface area contributed by atoms with Gasteiger partial charge in [0, 0.05) is 13.0 Å². The van der Waals surface area contributed by atoms with Crippen LogP contribution in [-0.4, -0.2) is 56.7 Å². The van der Waals surface area contributed by atoms with E-state index in [1.165, 1.54) is 25.9 Å². The summed E-state index contributed by atoms with van der Waals surface area (Å²) in [4.78, 5) is 13.0. The molecule has 0 N–H and O–H groups in total. The van der Waals surface area contributed by atoms with Crippen molar-refractivity contribution < 1.29 is 14.3 Å². The molecule has 0 aromatic rings. The van der Waals surface area contributed by atoms with E-state index in [0.717, 1.165) is 13.2 Å². The number of likely N-dealkylation sites (tertiary alicyclic amines) is 1. The number of carbonyl (C=O) groups is 1. The molecule has 94 valence electrons. The van der Waals surface area contributed by atoms with E-state index >= 15 is 0 Å². The predicted octanol–water partition coefficient (Wildman–Crippen LogP) is 1.09. The number of carbonyl (C=O) groups excluding carboxylic acids is 1. The Labute approximate surface area is 97.9 Å². The Morgan fingerprint density at radius 2 is 1.69 bits per heavy atom. The molecule has 4 nitrogen and oxygen atoms in total. The summed E-state index contributed by atoms with van der Waals surface area (Å²) < 4.78 is 10.7. The molecule has 0 atom stereocenters. The third kappa shape index (κ3) is 6.93. The molecule has 0 saturated carbocycles. The van der Waals surface area contributed by atoms with Crippen molar-refractivity contribution in [3.05, 3.63) is 0 Å². The maximum Gasteiger partial charge on any atom is 0.132 e. The maximum atomic E-state index is 10.6. The summed E-state index contributed by atoms with van der Waals surface area (Å²) in [5.74, 6) is 0.176. The molecular weight excluding hydrogens is 206 g/mol. The molecule has 1 aliphatic heterocycles. The third-order valence-corrected chi connectivity index (χ3v) is 2.72. The molecule has 1 aliphatic rings. The summed E-state index contributed by atoms with van der Waals surface area (Å²) >= 11 is 0. The second kappa shape index (κ2) is 8.67. The minimum atomic E-state index is 0.176. The van der Waals surface area contributed by atoms with Gasteiger partial charge in [-0.3, -0.25) is 4.79 Å². The third-order valence-electron chi connectivity index (χ3n) is 2.72. The lowest BCUT2D eigenvalue weighted by Crippen LogP contribution is -2.24. The van der Waals surface area contributed by atoms with Crippen LogP contribution in [-0.2, 0) is 14.3 Å². The summed E-state index contributed by atoms with van der Waals surface area (Å²) in [5, 5.41) is 0. The van der Waals surface area contributed by atoms with Crippen molar-refractivity contribution in [2.45, 2.75) is 26.2 Å². The Morgan fingerprint density at radius 3 is 2.31 bits per heavy atom. The van der Waals surface area contributed by atoms with Crippen LogP contribution in [0.2, 0.25) is 0 Å². The normalized spacial score (nSPS) is 16.8. The summed E-state index contributed by atoms with van der Waals surface area (Å²) in [6.07, 6.45) is 3.16. The number of rotatable bonds is 9. The second-order valence-electron chi connectivity index (χ2n) is 4.23. The second-order valence-corrected chi connectivity index (χ2v) is 4.23. The molecule has 1 saturated heterocycles. The van der Waals surface area contributed by atoms with Gasteiger partial charge in [-0.05, 0) is 32.9 Å². The van der Waals surface area contributed by atoms with E-state index in [2.05, 4.69) is 4.90 Å². The molecule has 0 aromatic heterocycles. The molecule has 0 radical (unpaired) electrons. The average Bonchev–Trinajstić information content (AvgIpc) is 2.74.